The lowest BCUT2D eigenvalue weighted by Crippen LogP contribution is -2.33. The van der Waals surface area contributed by atoms with Crippen molar-refractivity contribution in [2.75, 3.05) is 0 Å². The Morgan fingerprint density at radius 1 is 0.750 bits per heavy atom. The lowest BCUT2D eigenvalue weighted by molar-refractivity contribution is -0.633. The minimum atomic E-state index is 0.0864. The Kier molecular flexibility index (Phi) is 4.30. The van der Waals surface area contributed by atoms with Crippen molar-refractivity contribution < 1.29 is 4.57 Å². The summed E-state index contributed by atoms with van der Waals surface area (Å²) in [6, 6.07) is 20.2. The fourth-order valence-electron chi connectivity index (χ4n) is 4.61. The van der Waals surface area contributed by atoms with Crippen molar-refractivity contribution >= 4 is 21.7 Å². The van der Waals surface area contributed by atoms with E-state index in [1.165, 1.54) is 55.2 Å². The summed E-state index contributed by atoms with van der Waals surface area (Å²) in [4.78, 5) is 0. The molecule has 1 nitrogen and oxygen atoms in total. The van der Waals surface area contributed by atoms with Crippen LogP contribution in [0.5, 0.6) is 0 Å². The monoisotopic (exact) mass is 368 g/mol. The molecule has 0 aliphatic carbocycles. The molecular weight excluding hydrogens is 338 g/mol. The van der Waals surface area contributed by atoms with E-state index in [2.05, 4.69) is 108 Å². The average molecular weight is 369 g/mol. The van der Waals surface area contributed by atoms with E-state index in [-0.39, 0.29) is 5.41 Å². The maximum absolute atomic E-state index is 2.42. The number of fused-ring (bicyclic) bond motifs is 2. The van der Waals surface area contributed by atoms with Crippen LogP contribution < -0.4 is 4.57 Å². The van der Waals surface area contributed by atoms with Gasteiger partial charge in [0.1, 0.15) is 7.05 Å². The van der Waals surface area contributed by atoms with Gasteiger partial charge in [-0.25, -0.2) is 0 Å². The third-order valence-corrected chi connectivity index (χ3v) is 6.12. The Morgan fingerprint density at radius 2 is 1.43 bits per heavy atom. The van der Waals surface area contributed by atoms with E-state index in [9.17, 15) is 0 Å². The van der Waals surface area contributed by atoms with Gasteiger partial charge in [0.25, 0.3) is 0 Å². The number of nitrogens with zero attached hydrogens (tertiary/aromatic N) is 1. The van der Waals surface area contributed by atoms with E-state index in [0.717, 1.165) is 0 Å². The minimum Gasteiger partial charge on any atom is -0.194 e. The van der Waals surface area contributed by atoms with E-state index in [4.69, 9.17) is 0 Å². The Balaban J connectivity index is 2.14. The van der Waals surface area contributed by atoms with Gasteiger partial charge in [0, 0.05) is 17.7 Å². The van der Waals surface area contributed by atoms with Crippen molar-refractivity contribution in [1.29, 1.82) is 0 Å². The van der Waals surface area contributed by atoms with Crippen LogP contribution in [-0.2, 0) is 12.5 Å². The highest BCUT2D eigenvalue weighted by Crippen LogP contribution is 2.37. The second-order valence-electron chi connectivity index (χ2n) is 9.13. The molecule has 0 fully saturated rings. The van der Waals surface area contributed by atoms with Crippen molar-refractivity contribution in [2.45, 2.75) is 47.0 Å². The molecule has 0 atom stereocenters. The lowest BCUT2D eigenvalue weighted by atomic mass is 9.80. The predicted molar refractivity (Wildman–Crippen MR) is 121 cm³/mol. The summed E-state index contributed by atoms with van der Waals surface area (Å²) in [6.07, 6.45) is 0. The SMILES string of the molecule is Cc1c(-c2cc(C)c3c(C)cccc3[n+]2C)cc(C(C)(C)C)c2ccccc12. The molecule has 0 unspecified atom stereocenters. The Morgan fingerprint density at radius 3 is 2.11 bits per heavy atom. The van der Waals surface area contributed by atoms with Gasteiger partial charge in [-0.3, -0.25) is 0 Å². The molecule has 28 heavy (non-hydrogen) atoms. The molecular formula is C27H30N+. The molecule has 0 N–H and O–H groups in total. The van der Waals surface area contributed by atoms with Gasteiger partial charge in [0.05, 0.1) is 5.39 Å². The maximum atomic E-state index is 2.42. The molecule has 0 saturated carbocycles. The van der Waals surface area contributed by atoms with Gasteiger partial charge in [0.2, 0.25) is 11.2 Å². The first kappa shape index (κ1) is 18.7. The summed E-state index contributed by atoms with van der Waals surface area (Å²) in [5, 5.41) is 4.09. The Hall–Kier alpha value is -2.67. The predicted octanol–water partition coefficient (Wildman–Crippen LogP) is 6.71. The quantitative estimate of drug-likeness (QED) is 0.329. The van der Waals surface area contributed by atoms with Crippen LogP contribution >= 0.6 is 0 Å². The van der Waals surface area contributed by atoms with Gasteiger partial charge >= 0.3 is 0 Å². The van der Waals surface area contributed by atoms with Crippen LogP contribution in [0.4, 0.5) is 0 Å². The lowest BCUT2D eigenvalue weighted by Gasteiger charge is -2.24. The van der Waals surface area contributed by atoms with Gasteiger partial charge in [-0.1, -0.05) is 57.2 Å². The summed E-state index contributed by atoms with van der Waals surface area (Å²) in [5.74, 6) is 0. The fraction of sp³-hybridized carbons (Fsp3) is 0.296. The molecule has 0 aliphatic heterocycles. The zero-order valence-electron chi connectivity index (χ0n) is 18.1. The molecule has 1 heterocycles. The standard InChI is InChI=1S/C27H30N/c1-17-11-10-14-24-26(17)18(2)15-25(28(24)7)22-16-23(27(4,5)6)21-13-9-8-12-20(21)19(22)3/h8-16H,1-7H3/q+1. The van der Waals surface area contributed by atoms with Crippen LogP contribution in [0.3, 0.4) is 0 Å². The first-order chi connectivity index (χ1) is 13.2. The van der Waals surface area contributed by atoms with Gasteiger partial charge in [-0.2, -0.15) is 4.57 Å². The molecule has 4 rings (SSSR count). The van der Waals surface area contributed by atoms with Crippen LogP contribution in [0.2, 0.25) is 0 Å². The zero-order valence-corrected chi connectivity index (χ0v) is 18.1. The topological polar surface area (TPSA) is 3.88 Å². The molecule has 142 valence electrons. The Labute approximate surface area is 168 Å². The summed E-state index contributed by atoms with van der Waals surface area (Å²) in [6.45, 7) is 13.6. The first-order valence-corrected chi connectivity index (χ1v) is 10.1. The normalized spacial score (nSPS) is 12.1. The summed E-state index contributed by atoms with van der Waals surface area (Å²) in [5.41, 5.74) is 9.43. The molecule has 1 heteroatoms. The summed E-state index contributed by atoms with van der Waals surface area (Å²) >= 11 is 0. The zero-order chi connectivity index (χ0) is 20.2. The van der Waals surface area contributed by atoms with E-state index >= 15 is 0 Å². The molecule has 0 spiro atoms. The van der Waals surface area contributed by atoms with Crippen molar-refractivity contribution in [3.63, 3.8) is 0 Å². The van der Waals surface area contributed by atoms with Crippen LogP contribution in [0.25, 0.3) is 32.9 Å². The number of aromatic nitrogens is 1. The summed E-state index contributed by atoms with van der Waals surface area (Å²) < 4.78 is 2.36. The molecule has 1 aromatic heterocycles. The van der Waals surface area contributed by atoms with Crippen LogP contribution in [0.1, 0.15) is 43.0 Å². The third kappa shape index (κ3) is 2.81. The van der Waals surface area contributed by atoms with E-state index in [1.807, 2.05) is 0 Å². The van der Waals surface area contributed by atoms with Gasteiger partial charge in [-0.05, 0) is 65.3 Å². The van der Waals surface area contributed by atoms with Crippen LogP contribution in [0.15, 0.2) is 54.6 Å². The van der Waals surface area contributed by atoms with E-state index in [0.29, 0.717) is 0 Å². The molecule has 0 radical (unpaired) electrons. The second-order valence-corrected chi connectivity index (χ2v) is 9.13. The van der Waals surface area contributed by atoms with Crippen molar-refractivity contribution in [3.05, 3.63) is 76.9 Å². The molecule has 4 aromatic rings. The Bertz CT molecular complexity index is 1220. The van der Waals surface area contributed by atoms with Crippen molar-refractivity contribution in [3.8, 4) is 11.3 Å². The van der Waals surface area contributed by atoms with Crippen LogP contribution in [0, 0.1) is 20.8 Å². The van der Waals surface area contributed by atoms with Crippen molar-refractivity contribution in [1.82, 2.24) is 0 Å². The number of hydrogen-bond donors (Lipinski definition) is 0. The molecule has 3 aromatic carbocycles. The fourth-order valence-corrected chi connectivity index (χ4v) is 4.61. The van der Waals surface area contributed by atoms with Gasteiger partial charge < -0.3 is 0 Å². The largest absolute Gasteiger partial charge is 0.213 e. The smallest absolute Gasteiger partial charge is 0.194 e. The van der Waals surface area contributed by atoms with Crippen LogP contribution in [-0.4, -0.2) is 0 Å². The highest BCUT2D eigenvalue weighted by atomic mass is 14.9. The number of pyridine rings is 1. The number of benzene rings is 3. The average Bonchev–Trinajstić information content (AvgIpc) is 2.64. The first-order valence-electron chi connectivity index (χ1n) is 10.1. The minimum absolute atomic E-state index is 0.0864. The van der Waals surface area contributed by atoms with Gasteiger partial charge in [0.15, 0.2) is 0 Å². The summed E-state index contributed by atoms with van der Waals surface area (Å²) in [7, 11) is 2.20. The highest BCUT2D eigenvalue weighted by molar-refractivity contribution is 5.95. The van der Waals surface area contributed by atoms with E-state index < -0.39 is 0 Å². The molecule has 0 bridgehead atoms. The second kappa shape index (κ2) is 6.44. The van der Waals surface area contributed by atoms with Gasteiger partial charge in [-0.15, -0.1) is 0 Å². The van der Waals surface area contributed by atoms with E-state index in [1.54, 1.807) is 0 Å². The highest BCUT2D eigenvalue weighted by Gasteiger charge is 2.24. The molecule has 0 saturated heterocycles. The number of aryl methyl sites for hydroxylation is 4. The molecule has 0 aliphatic rings. The third-order valence-electron chi connectivity index (χ3n) is 6.12. The molecule has 0 amide bonds. The maximum Gasteiger partial charge on any atom is 0.213 e. The number of rotatable bonds is 1. The number of hydrogen-bond acceptors (Lipinski definition) is 0. The van der Waals surface area contributed by atoms with Crippen molar-refractivity contribution in [2.24, 2.45) is 7.05 Å².